The fourth-order valence-corrected chi connectivity index (χ4v) is 2.81. The second-order valence-corrected chi connectivity index (χ2v) is 5.41. The smallest absolute Gasteiger partial charge is 0.271 e. The van der Waals surface area contributed by atoms with Crippen LogP contribution in [-0.2, 0) is 0 Å². The van der Waals surface area contributed by atoms with Gasteiger partial charge in [0.25, 0.3) is 5.91 Å². The van der Waals surface area contributed by atoms with Crippen LogP contribution < -0.4 is 16.6 Å². The molecule has 1 aliphatic carbocycles. The van der Waals surface area contributed by atoms with E-state index >= 15 is 0 Å². The molecule has 0 aliphatic heterocycles. The van der Waals surface area contributed by atoms with Crippen molar-refractivity contribution in [3.8, 4) is 0 Å². The third-order valence-corrected chi connectivity index (χ3v) is 3.89. The zero-order valence-corrected chi connectivity index (χ0v) is 11.9. The lowest BCUT2D eigenvalue weighted by atomic mass is 9.83. The number of anilines is 1. The van der Waals surface area contributed by atoms with Crippen LogP contribution in [0, 0.1) is 5.92 Å². The Hall–Kier alpha value is -1.69. The van der Waals surface area contributed by atoms with Gasteiger partial charge in [0.05, 0.1) is 12.4 Å². The second-order valence-electron chi connectivity index (χ2n) is 5.41. The Morgan fingerprint density at radius 2 is 2.10 bits per heavy atom. The molecule has 0 radical (unpaired) electrons. The van der Waals surface area contributed by atoms with E-state index in [1.54, 1.807) is 0 Å². The van der Waals surface area contributed by atoms with E-state index in [9.17, 15) is 4.79 Å². The first-order valence-corrected chi connectivity index (χ1v) is 7.32. The minimum atomic E-state index is -0.173. The van der Waals surface area contributed by atoms with Crippen molar-refractivity contribution >= 4 is 11.7 Å². The van der Waals surface area contributed by atoms with Crippen LogP contribution in [0.3, 0.4) is 0 Å². The number of hydrogen-bond donors (Lipinski definition) is 3. The fraction of sp³-hybridized carbons (Fsp3) is 0.643. The number of nitrogens with zero attached hydrogens (tertiary/aromatic N) is 2. The second kappa shape index (κ2) is 7.19. The minimum Gasteiger partial charge on any atom is -0.348 e. The van der Waals surface area contributed by atoms with Crippen LogP contribution in [0.25, 0.3) is 0 Å². The van der Waals surface area contributed by atoms with E-state index in [1.807, 2.05) is 0 Å². The number of carbonyl (C=O) groups excluding carboxylic acids is 1. The van der Waals surface area contributed by atoms with Gasteiger partial charge in [0.1, 0.15) is 5.69 Å². The molecule has 1 heterocycles. The first-order valence-electron chi connectivity index (χ1n) is 7.32. The zero-order chi connectivity index (χ0) is 14.4. The number of hydrogen-bond acceptors (Lipinski definition) is 5. The average molecular weight is 277 g/mol. The molecule has 1 saturated carbocycles. The predicted molar refractivity (Wildman–Crippen MR) is 78.0 cm³/mol. The highest BCUT2D eigenvalue weighted by molar-refractivity contribution is 5.92. The number of aromatic nitrogens is 2. The summed E-state index contributed by atoms with van der Waals surface area (Å²) in [6.07, 6.45) is 10.00. The van der Waals surface area contributed by atoms with Gasteiger partial charge in [-0.3, -0.25) is 9.78 Å². The molecule has 1 amide bonds. The van der Waals surface area contributed by atoms with Crippen molar-refractivity contribution in [3.05, 3.63) is 18.1 Å². The summed E-state index contributed by atoms with van der Waals surface area (Å²) >= 11 is 0. The SMILES string of the molecule is CCCC1CCC(NC(=O)c2cncc(NN)n2)CC1. The largest absolute Gasteiger partial charge is 0.348 e. The molecule has 20 heavy (non-hydrogen) atoms. The van der Waals surface area contributed by atoms with Gasteiger partial charge in [0.15, 0.2) is 5.82 Å². The maximum Gasteiger partial charge on any atom is 0.271 e. The van der Waals surface area contributed by atoms with Crippen molar-refractivity contribution in [1.29, 1.82) is 0 Å². The van der Waals surface area contributed by atoms with Crippen molar-refractivity contribution in [3.63, 3.8) is 0 Å². The molecule has 6 nitrogen and oxygen atoms in total. The van der Waals surface area contributed by atoms with E-state index in [1.165, 1.54) is 38.1 Å². The Balaban J connectivity index is 1.86. The van der Waals surface area contributed by atoms with Crippen LogP contribution in [-0.4, -0.2) is 21.9 Å². The normalized spacial score (nSPS) is 22.3. The summed E-state index contributed by atoms with van der Waals surface area (Å²) in [6.45, 7) is 2.23. The lowest BCUT2D eigenvalue weighted by molar-refractivity contribution is 0.0915. The van der Waals surface area contributed by atoms with E-state index < -0.39 is 0 Å². The molecule has 0 unspecified atom stereocenters. The molecular formula is C14H23N5O. The van der Waals surface area contributed by atoms with Gasteiger partial charge in [-0.05, 0) is 31.6 Å². The summed E-state index contributed by atoms with van der Waals surface area (Å²) in [5.41, 5.74) is 2.69. The van der Waals surface area contributed by atoms with E-state index in [-0.39, 0.29) is 11.9 Å². The van der Waals surface area contributed by atoms with Gasteiger partial charge >= 0.3 is 0 Å². The number of nitrogens with two attached hydrogens (primary N) is 1. The Morgan fingerprint density at radius 3 is 2.75 bits per heavy atom. The third-order valence-electron chi connectivity index (χ3n) is 3.89. The number of rotatable bonds is 5. The van der Waals surface area contributed by atoms with Crippen molar-refractivity contribution in [1.82, 2.24) is 15.3 Å². The van der Waals surface area contributed by atoms with Crippen LogP contribution >= 0.6 is 0 Å². The molecule has 0 bridgehead atoms. The molecular weight excluding hydrogens is 254 g/mol. The molecule has 1 aromatic rings. The number of amides is 1. The standard InChI is InChI=1S/C14H23N5O/c1-2-3-10-4-6-11(7-5-10)17-14(20)12-8-16-9-13(18-12)19-15/h8-11H,2-7,15H2,1H3,(H,17,20)(H,18,19). The van der Waals surface area contributed by atoms with Crippen molar-refractivity contribution in [2.45, 2.75) is 51.5 Å². The van der Waals surface area contributed by atoms with Crippen LogP contribution in [0.1, 0.15) is 55.9 Å². The first kappa shape index (κ1) is 14.7. The van der Waals surface area contributed by atoms with Crippen LogP contribution in [0.2, 0.25) is 0 Å². The highest BCUT2D eigenvalue weighted by Gasteiger charge is 2.22. The third kappa shape index (κ3) is 3.90. The van der Waals surface area contributed by atoms with Gasteiger partial charge in [-0.1, -0.05) is 19.8 Å². The highest BCUT2D eigenvalue weighted by atomic mass is 16.1. The predicted octanol–water partition coefficient (Wildman–Crippen LogP) is 1.85. The van der Waals surface area contributed by atoms with Crippen molar-refractivity contribution < 1.29 is 4.79 Å². The maximum atomic E-state index is 12.1. The van der Waals surface area contributed by atoms with Crippen LogP contribution in [0.4, 0.5) is 5.82 Å². The zero-order valence-electron chi connectivity index (χ0n) is 11.9. The molecule has 1 aliphatic rings. The van der Waals surface area contributed by atoms with Gasteiger partial charge in [-0.25, -0.2) is 10.8 Å². The van der Waals surface area contributed by atoms with E-state index in [0.717, 1.165) is 18.8 Å². The molecule has 0 spiro atoms. The number of nitrogens with one attached hydrogen (secondary N) is 2. The summed E-state index contributed by atoms with van der Waals surface area (Å²) in [6, 6.07) is 0.256. The van der Waals surface area contributed by atoms with E-state index in [4.69, 9.17) is 5.84 Å². The Bertz CT molecular complexity index is 443. The van der Waals surface area contributed by atoms with Gasteiger partial charge in [0.2, 0.25) is 0 Å². The molecule has 4 N–H and O–H groups in total. The molecule has 1 aromatic heterocycles. The summed E-state index contributed by atoms with van der Waals surface area (Å²) in [5.74, 6) is 6.31. The van der Waals surface area contributed by atoms with Gasteiger partial charge in [-0.2, -0.15) is 0 Å². The summed E-state index contributed by atoms with van der Waals surface area (Å²) < 4.78 is 0. The van der Waals surface area contributed by atoms with Gasteiger partial charge in [-0.15, -0.1) is 0 Å². The number of hydrazine groups is 1. The number of carbonyl (C=O) groups is 1. The van der Waals surface area contributed by atoms with Gasteiger partial charge in [0, 0.05) is 6.04 Å². The quantitative estimate of drug-likeness (QED) is 0.564. The molecule has 0 aromatic carbocycles. The first-order chi connectivity index (χ1) is 9.72. The molecule has 1 fully saturated rings. The summed E-state index contributed by atoms with van der Waals surface area (Å²) in [5, 5.41) is 3.04. The average Bonchev–Trinajstić information content (AvgIpc) is 2.49. The molecule has 0 saturated heterocycles. The minimum absolute atomic E-state index is 0.173. The van der Waals surface area contributed by atoms with Crippen LogP contribution in [0.15, 0.2) is 12.4 Å². The summed E-state index contributed by atoms with van der Waals surface area (Å²) in [7, 11) is 0. The topological polar surface area (TPSA) is 92.9 Å². The fourth-order valence-electron chi connectivity index (χ4n) is 2.81. The lowest BCUT2D eigenvalue weighted by Crippen LogP contribution is -2.38. The number of nitrogen functional groups attached to an aromatic ring is 1. The Morgan fingerprint density at radius 1 is 1.35 bits per heavy atom. The van der Waals surface area contributed by atoms with E-state index in [2.05, 4.69) is 27.6 Å². The molecule has 2 rings (SSSR count). The highest BCUT2D eigenvalue weighted by Crippen LogP contribution is 2.27. The van der Waals surface area contributed by atoms with Gasteiger partial charge < -0.3 is 10.7 Å². The maximum absolute atomic E-state index is 12.1. The van der Waals surface area contributed by atoms with Crippen LogP contribution in [0.5, 0.6) is 0 Å². The molecule has 6 heteroatoms. The van der Waals surface area contributed by atoms with E-state index in [0.29, 0.717) is 11.5 Å². The Labute approximate surface area is 119 Å². The van der Waals surface area contributed by atoms with Crippen molar-refractivity contribution in [2.24, 2.45) is 11.8 Å². The molecule has 110 valence electrons. The lowest BCUT2D eigenvalue weighted by Gasteiger charge is -2.28. The van der Waals surface area contributed by atoms with Crippen molar-refractivity contribution in [2.75, 3.05) is 5.43 Å². The molecule has 0 atom stereocenters. The monoisotopic (exact) mass is 277 g/mol. The summed E-state index contributed by atoms with van der Waals surface area (Å²) in [4.78, 5) is 20.1. The Kier molecular flexibility index (Phi) is 5.29.